The molecular formula is C46H88NO8P. The molecule has 0 radical (unpaired) electrons. The van der Waals surface area contributed by atoms with Gasteiger partial charge in [-0.25, -0.2) is 0 Å². The molecule has 0 heterocycles. The number of carbonyl (C=O) groups is 2. The maximum absolute atomic E-state index is 12.7. The highest BCUT2D eigenvalue weighted by molar-refractivity contribution is 7.45. The van der Waals surface area contributed by atoms with E-state index in [4.69, 9.17) is 18.5 Å². The van der Waals surface area contributed by atoms with Gasteiger partial charge in [-0.15, -0.1) is 0 Å². The van der Waals surface area contributed by atoms with E-state index >= 15 is 0 Å². The second kappa shape index (κ2) is 39.0. The molecule has 0 amide bonds. The Morgan fingerprint density at radius 1 is 0.554 bits per heavy atom. The molecule has 0 aromatic rings. The Hall–Kier alpha value is -1.51. The number of hydrogen-bond donors (Lipinski definition) is 0. The average molecular weight is 814 g/mol. The predicted molar refractivity (Wildman–Crippen MR) is 231 cm³/mol. The molecule has 1 unspecified atom stereocenters. The molecule has 56 heavy (non-hydrogen) atoms. The van der Waals surface area contributed by atoms with E-state index in [0.29, 0.717) is 17.4 Å². The predicted octanol–water partition coefficient (Wildman–Crippen LogP) is 12.5. The van der Waals surface area contributed by atoms with Crippen LogP contribution in [0.15, 0.2) is 24.3 Å². The Balaban J connectivity index is 4.30. The van der Waals surface area contributed by atoms with Crippen LogP contribution < -0.4 is 4.89 Å². The Bertz CT molecular complexity index is 1010. The molecule has 0 aromatic heterocycles. The van der Waals surface area contributed by atoms with Crippen LogP contribution in [-0.4, -0.2) is 70.0 Å². The Morgan fingerprint density at radius 3 is 1.45 bits per heavy atom. The van der Waals surface area contributed by atoms with Crippen molar-refractivity contribution >= 4 is 19.8 Å². The molecule has 0 saturated carbocycles. The molecule has 0 spiro atoms. The van der Waals surface area contributed by atoms with Gasteiger partial charge in [-0.05, 0) is 44.9 Å². The molecule has 0 bridgehead atoms. The van der Waals surface area contributed by atoms with E-state index < -0.39 is 26.5 Å². The quantitative estimate of drug-likeness (QED) is 0.0197. The van der Waals surface area contributed by atoms with Gasteiger partial charge in [-0.2, -0.15) is 0 Å². The van der Waals surface area contributed by atoms with Crippen molar-refractivity contribution in [2.75, 3.05) is 47.5 Å². The van der Waals surface area contributed by atoms with E-state index in [2.05, 4.69) is 38.2 Å². The summed E-state index contributed by atoms with van der Waals surface area (Å²) in [6.07, 6.45) is 41.9. The van der Waals surface area contributed by atoms with Crippen LogP contribution in [-0.2, 0) is 32.7 Å². The number of unbranched alkanes of at least 4 members (excludes halogenated alkanes) is 24. The lowest BCUT2D eigenvalue weighted by atomic mass is 10.0. The third-order valence-electron chi connectivity index (χ3n) is 9.97. The minimum Gasteiger partial charge on any atom is -0.756 e. The zero-order valence-corrected chi connectivity index (χ0v) is 38.0. The van der Waals surface area contributed by atoms with Gasteiger partial charge in [0, 0.05) is 12.8 Å². The van der Waals surface area contributed by atoms with Gasteiger partial charge in [0.15, 0.2) is 6.10 Å². The smallest absolute Gasteiger partial charge is 0.306 e. The van der Waals surface area contributed by atoms with Crippen LogP contribution in [0.1, 0.15) is 206 Å². The molecule has 0 aliphatic heterocycles. The summed E-state index contributed by atoms with van der Waals surface area (Å²) in [4.78, 5) is 37.5. The largest absolute Gasteiger partial charge is 0.756 e. The van der Waals surface area contributed by atoms with Gasteiger partial charge in [-0.1, -0.05) is 173 Å². The molecule has 2 atom stereocenters. The van der Waals surface area contributed by atoms with Crippen molar-refractivity contribution in [1.82, 2.24) is 0 Å². The van der Waals surface area contributed by atoms with Crippen LogP contribution in [0.3, 0.4) is 0 Å². The van der Waals surface area contributed by atoms with Crippen LogP contribution in [0.4, 0.5) is 0 Å². The number of rotatable bonds is 42. The van der Waals surface area contributed by atoms with Gasteiger partial charge < -0.3 is 27.9 Å². The fourth-order valence-electron chi connectivity index (χ4n) is 6.33. The molecule has 0 saturated heterocycles. The highest BCUT2D eigenvalue weighted by Crippen LogP contribution is 2.38. The molecule has 0 aliphatic carbocycles. The van der Waals surface area contributed by atoms with Gasteiger partial charge in [0.2, 0.25) is 0 Å². The molecule has 0 fully saturated rings. The van der Waals surface area contributed by atoms with Crippen molar-refractivity contribution in [3.63, 3.8) is 0 Å². The number of carbonyl (C=O) groups excluding carboxylic acids is 2. The number of allylic oxidation sites excluding steroid dienone is 4. The zero-order valence-electron chi connectivity index (χ0n) is 37.1. The number of quaternary nitrogens is 1. The zero-order chi connectivity index (χ0) is 41.4. The SMILES string of the molecule is CCCCC/C=C/C/C=C/CCCCCCCCCCCC(=O)O[C@H](COC(=O)CCCCCCCCCCCCCCC)COP(=O)([O-])OCC[N+](C)(C)C. The molecule has 0 aliphatic rings. The first-order valence-electron chi connectivity index (χ1n) is 23.0. The second-order valence-electron chi connectivity index (χ2n) is 16.8. The van der Waals surface area contributed by atoms with Crippen LogP contribution >= 0.6 is 7.82 Å². The molecule has 0 aromatic carbocycles. The number of esters is 2. The highest BCUT2D eigenvalue weighted by atomic mass is 31.2. The molecule has 0 N–H and O–H groups in total. The Kier molecular flexibility index (Phi) is 37.9. The number of ether oxygens (including phenoxy) is 2. The summed E-state index contributed by atoms with van der Waals surface area (Å²) < 4.78 is 33.9. The maximum atomic E-state index is 12.7. The molecule has 0 rings (SSSR count). The van der Waals surface area contributed by atoms with Gasteiger partial charge >= 0.3 is 11.9 Å². The summed E-state index contributed by atoms with van der Waals surface area (Å²) in [6, 6.07) is 0. The summed E-state index contributed by atoms with van der Waals surface area (Å²) in [5, 5.41) is 0. The summed E-state index contributed by atoms with van der Waals surface area (Å²) in [7, 11) is 1.17. The number of phosphoric acid groups is 1. The van der Waals surface area contributed by atoms with E-state index in [0.717, 1.165) is 51.4 Å². The van der Waals surface area contributed by atoms with Crippen LogP contribution in [0.25, 0.3) is 0 Å². The van der Waals surface area contributed by atoms with Gasteiger partial charge in [0.05, 0.1) is 27.7 Å². The fourth-order valence-corrected chi connectivity index (χ4v) is 7.06. The Morgan fingerprint density at radius 2 is 0.964 bits per heavy atom. The highest BCUT2D eigenvalue weighted by Gasteiger charge is 2.21. The minimum atomic E-state index is -4.62. The first-order valence-corrected chi connectivity index (χ1v) is 24.5. The minimum absolute atomic E-state index is 0.0297. The third-order valence-corrected chi connectivity index (χ3v) is 10.9. The van der Waals surface area contributed by atoms with E-state index in [-0.39, 0.29) is 32.0 Å². The van der Waals surface area contributed by atoms with Gasteiger partial charge in [0.25, 0.3) is 7.82 Å². The Labute approximate surface area is 345 Å². The maximum Gasteiger partial charge on any atom is 0.306 e. The van der Waals surface area contributed by atoms with Gasteiger partial charge in [-0.3, -0.25) is 14.2 Å². The monoisotopic (exact) mass is 814 g/mol. The molecule has 330 valence electrons. The van der Waals surface area contributed by atoms with Crippen molar-refractivity contribution in [2.45, 2.75) is 213 Å². The lowest BCUT2D eigenvalue weighted by molar-refractivity contribution is -0.870. The average Bonchev–Trinajstić information content (AvgIpc) is 3.15. The molecule has 10 heteroatoms. The summed E-state index contributed by atoms with van der Waals surface area (Å²) in [5.74, 6) is -0.832. The van der Waals surface area contributed by atoms with Crippen molar-refractivity contribution in [3.05, 3.63) is 24.3 Å². The fraction of sp³-hybridized carbons (Fsp3) is 0.870. The van der Waals surface area contributed by atoms with E-state index in [1.807, 2.05) is 21.1 Å². The summed E-state index contributed by atoms with van der Waals surface area (Å²) in [6.45, 7) is 4.21. The first-order chi connectivity index (χ1) is 27.0. The topological polar surface area (TPSA) is 111 Å². The first kappa shape index (κ1) is 54.5. The van der Waals surface area contributed by atoms with E-state index in [1.54, 1.807) is 0 Å². The number of hydrogen-bond acceptors (Lipinski definition) is 8. The number of phosphoric ester groups is 1. The molecule has 9 nitrogen and oxygen atoms in total. The third kappa shape index (κ3) is 42.1. The van der Waals surface area contributed by atoms with E-state index in [9.17, 15) is 19.0 Å². The van der Waals surface area contributed by atoms with Crippen LogP contribution in [0.2, 0.25) is 0 Å². The lowest BCUT2D eigenvalue weighted by Gasteiger charge is -2.28. The van der Waals surface area contributed by atoms with Crippen molar-refractivity contribution < 1.29 is 42.1 Å². The standard InChI is InChI=1S/C46H88NO8P/c1-6-8-10-12-14-16-18-20-21-22-23-24-25-27-29-31-33-35-37-39-46(49)55-44(43-54-56(50,51)53-41-40-47(3,4)5)42-52-45(48)38-36-34-32-30-28-26-19-17-15-13-11-9-7-2/h14,16,20-21,44H,6-13,15,17-19,22-43H2,1-5H3/b16-14+,21-20+/t44-/m1/s1. The van der Waals surface area contributed by atoms with Crippen LogP contribution in [0, 0.1) is 0 Å². The van der Waals surface area contributed by atoms with Crippen molar-refractivity contribution in [2.24, 2.45) is 0 Å². The second-order valence-corrected chi connectivity index (χ2v) is 18.2. The number of nitrogens with zero attached hydrogens (tertiary/aromatic N) is 1. The number of likely N-dealkylation sites (N-methyl/N-ethyl adjacent to an activating group) is 1. The van der Waals surface area contributed by atoms with Gasteiger partial charge in [0.1, 0.15) is 19.8 Å². The van der Waals surface area contributed by atoms with E-state index in [1.165, 1.54) is 122 Å². The lowest BCUT2D eigenvalue weighted by Crippen LogP contribution is -2.37. The summed E-state index contributed by atoms with van der Waals surface area (Å²) >= 11 is 0. The van der Waals surface area contributed by atoms with Crippen molar-refractivity contribution in [3.8, 4) is 0 Å². The normalized spacial score (nSPS) is 13.8. The molecular weight excluding hydrogens is 725 g/mol. The van der Waals surface area contributed by atoms with Crippen LogP contribution in [0.5, 0.6) is 0 Å². The van der Waals surface area contributed by atoms with Crippen molar-refractivity contribution in [1.29, 1.82) is 0 Å². The summed E-state index contributed by atoms with van der Waals surface area (Å²) in [5.41, 5.74) is 0.